The number of anilines is 1. The molecule has 0 fully saturated rings. The van der Waals surface area contributed by atoms with E-state index in [1.165, 1.54) is 19.3 Å². The van der Waals surface area contributed by atoms with Crippen molar-refractivity contribution in [1.82, 2.24) is 10.2 Å². The molecule has 0 saturated carbocycles. The van der Waals surface area contributed by atoms with Gasteiger partial charge < -0.3 is 26.0 Å². The Morgan fingerprint density at radius 3 is 3.00 bits per heavy atom. The first kappa shape index (κ1) is 22.3. The Bertz CT molecular complexity index is 939. The molecule has 3 rings (SSSR count). The van der Waals surface area contributed by atoms with Crippen LogP contribution in [0.1, 0.15) is 39.5 Å². The van der Waals surface area contributed by atoms with Crippen LogP contribution >= 0.6 is 0 Å². The van der Waals surface area contributed by atoms with Gasteiger partial charge in [-0.2, -0.15) is 0 Å². The van der Waals surface area contributed by atoms with Gasteiger partial charge in [-0.05, 0) is 50.1 Å². The molecule has 1 unspecified atom stereocenters. The normalized spacial score (nSPS) is 18.5. The first-order chi connectivity index (χ1) is 15.2. The van der Waals surface area contributed by atoms with E-state index in [4.69, 9.17) is 10.5 Å². The molecule has 2 heterocycles. The van der Waals surface area contributed by atoms with Crippen molar-refractivity contribution in [2.24, 2.45) is 10.7 Å². The Kier molecular flexibility index (Phi) is 7.98. The maximum atomic E-state index is 6.20. The molecule has 31 heavy (non-hydrogen) atoms. The third-order valence-electron chi connectivity index (χ3n) is 5.15. The summed E-state index contributed by atoms with van der Waals surface area (Å²) in [5, 5.41) is 6.73. The van der Waals surface area contributed by atoms with E-state index < -0.39 is 0 Å². The SMILES string of the molecule is C\C=C/C(=C\C=C\C1=C2C(N)=NC=CN2C(CCCCC)N1)Oc1cccc(NC)c1. The van der Waals surface area contributed by atoms with Crippen LogP contribution in [0.4, 0.5) is 5.69 Å². The van der Waals surface area contributed by atoms with Gasteiger partial charge in [0, 0.05) is 31.2 Å². The lowest BCUT2D eigenvalue weighted by molar-refractivity contribution is 0.322. The van der Waals surface area contributed by atoms with Gasteiger partial charge in [0.1, 0.15) is 29.2 Å². The van der Waals surface area contributed by atoms with Gasteiger partial charge in [-0.1, -0.05) is 38.0 Å². The van der Waals surface area contributed by atoms with Crippen molar-refractivity contribution in [3.63, 3.8) is 0 Å². The second-order valence-corrected chi connectivity index (χ2v) is 7.45. The Hall–Kier alpha value is -3.41. The lowest BCUT2D eigenvalue weighted by atomic mass is 10.1. The molecule has 0 amide bonds. The van der Waals surface area contributed by atoms with Gasteiger partial charge >= 0.3 is 0 Å². The van der Waals surface area contributed by atoms with Crippen molar-refractivity contribution in [2.75, 3.05) is 12.4 Å². The first-order valence-corrected chi connectivity index (χ1v) is 10.9. The van der Waals surface area contributed by atoms with E-state index in [9.17, 15) is 0 Å². The summed E-state index contributed by atoms with van der Waals surface area (Å²) in [5.74, 6) is 2.06. The molecule has 6 nitrogen and oxygen atoms in total. The van der Waals surface area contributed by atoms with Crippen molar-refractivity contribution < 1.29 is 4.74 Å². The summed E-state index contributed by atoms with van der Waals surface area (Å²) in [4.78, 5) is 6.47. The zero-order valence-electron chi connectivity index (χ0n) is 18.6. The Labute approximate surface area is 185 Å². The van der Waals surface area contributed by atoms with Crippen LogP contribution in [-0.4, -0.2) is 23.9 Å². The molecule has 0 radical (unpaired) electrons. The van der Waals surface area contributed by atoms with Crippen LogP contribution in [0.15, 0.2) is 89.2 Å². The van der Waals surface area contributed by atoms with E-state index in [1.54, 1.807) is 6.20 Å². The predicted octanol–water partition coefficient (Wildman–Crippen LogP) is 4.99. The minimum Gasteiger partial charge on any atom is -0.457 e. The number of hydrogen-bond acceptors (Lipinski definition) is 6. The van der Waals surface area contributed by atoms with E-state index in [2.05, 4.69) is 27.4 Å². The number of unbranched alkanes of at least 4 members (excludes halogenated alkanes) is 2. The van der Waals surface area contributed by atoms with E-state index in [0.29, 0.717) is 5.84 Å². The number of amidine groups is 1. The third kappa shape index (κ3) is 5.81. The zero-order valence-corrected chi connectivity index (χ0v) is 18.6. The van der Waals surface area contributed by atoms with E-state index in [-0.39, 0.29) is 6.17 Å². The molecular formula is C25H33N5O. The fourth-order valence-corrected chi connectivity index (χ4v) is 3.61. The second-order valence-electron chi connectivity index (χ2n) is 7.45. The van der Waals surface area contributed by atoms with Crippen molar-refractivity contribution in [1.29, 1.82) is 0 Å². The average molecular weight is 420 g/mol. The largest absolute Gasteiger partial charge is 0.457 e. The van der Waals surface area contributed by atoms with Gasteiger partial charge in [-0.15, -0.1) is 0 Å². The maximum Gasteiger partial charge on any atom is 0.149 e. The third-order valence-corrected chi connectivity index (χ3v) is 5.15. The van der Waals surface area contributed by atoms with Crippen LogP contribution < -0.4 is 21.1 Å². The molecule has 0 aromatic heterocycles. The molecule has 2 aliphatic heterocycles. The van der Waals surface area contributed by atoms with Gasteiger partial charge in [-0.25, -0.2) is 4.99 Å². The Morgan fingerprint density at radius 1 is 1.35 bits per heavy atom. The smallest absolute Gasteiger partial charge is 0.149 e. The minimum atomic E-state index is 0.200. The van der Waals surface area contributed by atoms with Crippen LogP contribution in [0.5, 0.6) is 5.75 Å². The van der Waals surface area contributed by atoms with Crippen molar-refractivity contribution in [3.05, 3.63) is 84.2 Å². The van der Waals surface area contributed by atoms with Crippen molar-refractivity contribution in [2.45, 2.75) is 45.7 Å². The molecule has 6 heteroatoms. The first-order valence-electron chi connectivity index (χ1n) is 10.9. The molecule has 0 spiro atoms. The molecule has 4 N–H and O–H groups in total. The van der Waals surface area contributed by atoms with Crippen LogP contribution in [-0.2, 0) is 0 Å². The number of nitrogens with two attached hydrogens (primary N) is 1. The summed E-state index contributed by atoms with van der Waals surface area (Å²) in [6, 6.07) is 7.87. The van der Waals surface area contributed by atoms with Crippen molar-refractivity contribution in [3.8, 4) is 5.75 Å². The quantitative estimate of drug-likeness (QED) is 0.283. The van der Waals surface area contributed by atoms with Gasteiger partial charge in [0.05, 0.1) is 5.70 Å². The number of allylic oxidation sites excluding steroid dienone is 5. The summed E-state index contributed by atoms with van der Waals surface area (Å²) in [7, 11) is 1.89. The molecule has 1 aromatic rings. The maximum absolute atomic E-state index is 6.20. The van der Waals surface area contributed by atoms with Gasteiger partial charge in [0.2, 0.25) is 0 Å². The van der Waals surface area contributed by atoms with Crippen LogP contribution in [0.2, 0.25) is 0 Å². The molecule has 1 aromatic carbocycles. The summed E-state index contributed by atoms with van der Waals surface area (Å²) < 4.78 is 6.05. The van der Waals surface area contributed by atoms with Crippen LogP contribution in [0.25, 0.3) is 0 Å². The number of ether oxygens (including phenoxy) is 1. The summed E-state index contributed by atoms with van der Waals surface area (Å²) in [6.45, 7) is 4.19. The number of aliphatic imine (C=N–C) groups is 1. The summed E-state index contributed by atoms with van der Waals surface area (Å²) >= 11 is 0. The van der Waals surface area contributed by atoms with E-state index >= 15 is 0 Å². The summed E-state index contributed by atoms with van der Waals surface area (Å²) in [6.07, 6.45) is 18.5. The number of benzene rings is 1. The monoisotopic (exact) mass is 419 g/mol. The lowest BCUT2D eigenvalue weighted by Crippen LogP contribution is -2.37. The van der Waals surface area contributed by atoms with Crippen molar-refractivity contribution >= 4 is 11.5 Å². The second kappa shape index (κ2) is 11.1. The number of nitrogens with one attached hydrogen (secondary N) is 2. The molecule has 0 bridgehead atoms. The predicted molar refractivity (Wildman–Crippen MR) is 129 cm³/mol. The highest BCUT2D eigenvalue weighted by Crippen LogP contribution is 2.27. The van der Waals surface area contributed by atoms with Crippen LogP contribution in [0.3, 0.4) is 0 Å². The standard InChI is InChI=1S/C25H33N5O/c1-4-6-7-15-23-29-22(24-25(26)28-16-17-30(23)24)14-9-12-20(10-5-2)31-21-13-8-11-19(18-21)27-3/h5,8-14,16-18,23,27,29H,4,6-7,15H2,1-3H3,(H2,26,28)/b10-5-,14-9+,20-12+. The number of hydrogen-bond donors (Lipinski definition) is 3. The number of rotatable bonds is 10. The van der Waals surface area contributed by atoms with E-state index in [0.717, 1.165) is 35.0 Å². The van der Waals surface area contributed by atoms with Gasteiger partial charge in [-0.3, -0.25) is 0 Å². The molecule has 0 aliphatic carbocycles. The molecular weight excluding hydrogens is 386 g/mol. The number of nitrogens with zero attached hydrogens (tertiary/aromatic N) is 2. The number of fused-ring (bicyclic) bond motifs is 1. The molecule has 0 saturated heterocycles. The summed E-state index contributed by atoms with van der Waals surface area (Å²) in [5.41, 5.74) is 9.11. The van der Waals surface area contributed by atoms with E-state index in [1.807, 2.05) is 74.8 Å². The fourth-order valence-electron chi connectivity index (χ4n) is 3.61. The fraction of sp³-hybridized carbons (Fsp3) is 0.320. The van der Waals surface area contributed by atoms with Gasteiger partial charge in [0.25, 0.3) is 0 Å². The van der Waals surface area contributed by atoms with Crippen LogP contribution in [0, 0.1) is 0 Å². The Balaban J connectivity index is 1.76. The highest BCUT2D eigenvalue weighted by atomic mass is 16.5. The molecule has 1 atom stereocenters. The molecule has 164 valence electrons. The average Bonchev–Trinajstić information content (AvgIpc) is 3.13. The molecule has 2 aliphatic rings. The Morgan fingerprint density at radius 2 is 2.23 bits per heavy atom. The topological polar surface area (TPSA) is 74.9 Å². The minimum absolute atomic E-state index is 0.200. The zero-order chi connectivity index (χ0) is 22.1. The highest BCUT2D eigenvalue weighted by molar-refractivity contribution is 5.99. The highest BCUT2D eigenvalue weighted by Gasteiger charge is 2.31. The van der Waals surface area contributed by atoms with Gasteiger partial charge in [0.15, 0.2) is 0 Å². The lowest BCUT2D eigenvalue weighted by Gasteiger charge is -2.26.